The molecule has 2 aromatic heterocycles. The van der Waals surface area contributed by atoms with E-state index in [1.54, 1.807) is 24.4 Å². The van der Waals surface area contributed by atoms with Crippen molar-refractivity contribution in [1.29, 1.82) is 0 Å². The van der Waals surface area contributed by atoms with E-state index in [0.717, 1.165) is 18.9 Å². The van der Waals surface area contributed by atoms with E-state index in [4.69, 9.17) is 4.98 Å². The van der Waals surface area contributed by atoms with Gasteiger partial charge < -0.3 is 15.0 Å². The molecular weight excluding hydrogens is 599 g/mol. The Balaban J connectivity index is 0.00000141. The molecule has 3 heterocycles. The van der Waals surface area contributed by atoms with Gasteiger partial charge >= 0.3 is 6.61 Å². The number of benzene rings is 2. The molecule has 234 valence electrons. The summed E-state index contributed by atoms with van der Waals surface area (Å²) in [6.45, 7) is 1.34. The van der Waals surface area contributed by atoms with Crippen LogP contribution in [-0.4, -0.2) is 42.5 Å². The Morgan fingerprint density at radius 2 is 1.82 bits per heavy atom. The molecule has 6 nitrogen and oxygen atoms in total. The maximum atomic E-state index is 15.9. The van der Waals surface area contributed by atoms with Gasteiger partial charge in [0.1, 0.15) is 11.6 Å². The molecular formula is C32H33F5N4O2S. The number of hydrogen-bond acceptors (Lipinski definition) is 6. The predicted octanol–water partition coefficient (Wildman–Crippen LogP) is 7.76. The number of rotatable bonds is 8. The Labute approximate surface area is 258 Å². The minimum atomic E-state index is -2.92. The number of halogens is 5. The zero-order chi connectivity index (χ0) is 31.8. The lowest BCUT2D eigenvalue weighted by atomic mass is 9.92. The van der Waals surface area contributed by atoms with Crippen LogP contribution in [0.3, 0.4) is 0 Å². The number of fused-ring (bicyclic) bond motifs is 1. The Morgan fingerprint density at radius 3 is 2.52 bits per heavy atom. The normalized spacial score (nSPS) is 16.5. The molecule has 0 bridgehead atoms. The topological polar surface area (TPSA) is 67.4 Å². The molecule has 44 heavy (non-hydrogen) atoms. The van der Waals surface area contributed by atoms with E-state index in [1.165, 1.54) is 18.6 Å². The van der Waals surface area contributed by atoms with Crippen molar-refractivity contribution in [2.24, 2.45) is 11.8 Å². The molecule has 2 unspecified atom stereocenters. The number of carbonyl (C=O) groups is 1. The number of thiol groups is 1. The van der Waals surface area contributed by atoms with E-state index in [2.05, 4.69) is 46.4 Å². The first-order chi connectivity index (χ1) is 21.1. The van der Waals surface area contributed by atoms with Crippen LogP contribution < -0.4 is 10.2 Å². The van der Waals surface area contributed by atoms with E-state index in [-0.39, 0.29) is 18.7 Å². The quantitative estimate of drug-likeness (QED) is 0.154. The fourth-order valence-electron chi connectivity index (χ4n) is 5.44. The van der Waals surface area contributed by atoms with Gasteiger partial charge in [0, 0.05) is 46.1 Å². The highest BCUT2D eigenvalue weighted by molar-refractivity contribution is 7.80. The summed E-state index contributed by atoms with van der Waals surface area (Å²) in [6.07, 6.45) is 2.75. The van der Waals surface area contributed by atoms with Gasteiger partial charge in [-0.25, -0.2) is 18.2 Å². The lowest BCUT2D eigenvalue weighted by Crippen LogP contribution is -2.39. The Morgan fingerprint density at radius 1 is 1.09 bits per heavy atom. The minimum absolute atomic E-state index is 0.0389. The monoisotopic (exact) mass is 632 g/mol. The van der Waals surface area contributed by atoms with E-state index in [0.29, 0.717) is 50.0 Å². The number of anilines is 1. The van der Waals surface area contributed by atoms with Crippen LogP contribution in [0.2, 0.25) is 0 Å². The van der Waals surface area contributed by atoms with Crippen LogP contribution in [0, 0.1) is 17.7 Å². The molecule has 1 amide bonds. The summed E-state index contributed by atoms with van der Waals surface area (Å²) in [5, 5.41) is 3.75. The Bertz CT molecular complexity index is 1580. The molecule has 0 saturated carbocycles. The molecule has 1 fully saturated rings. The Kier molecular flexibility index (Phi) is 11.5. The second-order valence-electron chi connectivity index (χ2n) is 10.8. The minimum Gasteiger partial charge on any atom is -0.356 e. The molecule has 12 heteroatoms. The fraction of sp³-hybridized carbons (Fsp3) is 0.344. The van der Waals surface area contributed by atoms with Crippen molar-refractivity contribution in [2.45, 2.75) is 44.9 Å². The number of nitrogens with zero attached hydrogens (tertiary/aromatic N) is 3. The van der Waals surface area contributed by atoms with Crippen LogP contribution in [0.5, 0.6) is 0 Å². The zero-order valence-corrected chi connectivity index (χ0v) is 25.1. The van der Waals surface area contributed by atoms with Crippen LogP contribution in [0.1, 0.15) is 41.9 Å². The van der Waals surface area contributed by atoms with Crippen molar-refractivity contribution < 1.29 is 31.5 Å². The molecule has 0 aliphatic carbocycles. The van der Waals surface area contributed by atoms with Gasteiger partial charge in [-0.3, -0.25) is 9.78 Å². The van der Waals surface area contributed by atoms with Gasteiger partial charge in [-0.05, 0) is 66.3 Å². The van der Waals surface area contributed by atoms with E-state index in [9.17, 15) is 22.4 Å². The lowest BCUT2D eigenvalue weighted by Gasteiger charge is -2.36. The number of piperidine rings is 1. The SMILES string of the molecule is CC1CC(C)CN(c2cccc(-c3ccc4cnc(CNC(=O)c5cc(S)cc(COC(F)F)c5)cc4c3F)n2)C1.FCF. The summed E-state index contributed by atoms with van der Waals surface area (Å²) in [5.41, 5.74) is 2.04. The van der Waals surface area contributed by atoms with E-state index >= 15 is 4.39 Å². The number of carbonyl (C=O) groups excluding carboxylic acids is 1. The van der Waals surface area contributed by atoms with Crippen LogP contribution >= 0.6 is 12.6 Å². The van der Waals surface area contributed by atoms with Crippen LogP contribution in [0.15, 0.2) is 65.7 Å². The predicted molar refractivity (Wildman–Crippen MR) is 163 cm³/mol. The van der Waals surface area contributed by atoms with Crippen LogP contribution in [0.4, 0.5) is 27.8 Å². The Hall–Kier alpha value is -3.77. The van der Waals surface area contributed by atoms with Gasteiger partial charge in [0.25, 0.3) is 5.91 Å². The van der Waals surface area contributed by atoms with Crippen molar-refractivity contribution in [1.82, 2.24) is 15.3 Å². The molecule has 2 aromatic carbocycles. The summed E-state index contributed by atoms with van der Waals surface area (Å²) in [6, 6.07) is 15.4. The number of aromatic nitrogens is 2. The summed E-state index contributed by atoms with van der Waals surface area (Å²) in [7, 11) is 0. The standard InChI is InChI=1S/C31H31F3N4O2S.CH2F2/c1-18-8-19(2)16-38(15-18)28-5-3-4-27(37-28)25-7-6-21-13-35-23(12-26(21)29(25)32)14-36-30(39)22-9-20(10-24(41)11-22)17-40-31(33)34;2-1-3/h3-7,9-13,18-19,31,41H,8,14-17H2,1-2H3,(H,36,39);1H2. The third kappa shape index (κ3) is 8.66. The maximum absolute atomic E-state index is 15.9. The maximum Gasteiger partial charge on any atom is 0.345 e. The first kappa shape index (κ1) is 33.1. The van der Waals surface area contributed by atoms with Crippen molar-refractivity contribution >= 4 is 35.1 Å². The highest BCUT2D eigenvalue weighted by Gasteiger charge is 2.23. The van der Waals surface area contributed by atoms with Gasteiger partial charge in [0.15, 0.2) is 0 Å². The van der Waals surface area contributed by atoms with Crippen molar-refractivity contribution in [3.63, 3.8) is 0 Å². The van der Waals surface area contributed by atoms with Crippen molar-refractivity contribution in [3.8, 4) is 11.3 Å². The first-order valence-corrected chi connectivity index (χ1v) is 14.4. The summed E-state index contributed by atoms with van der Waals surface area (Å²) in [5.74, 6) is 1.12. The third-order valence-electron chi connectivity index (χ3n) is 7.14. The van der Waals surface area contributed by atoms with Crippen molar-refractivity contribution in [3.05, 3.63) is 83.4 Å². The van der Waals surface area contributed by atoms with Gasteiger partial charge in [-0.2, -0.15) is 8.78 Å². The second-order valence-corrected chi connectivity index (χ2v) is 11.3. The highest BCUT2D eigenvalue weighted by Crippen LogP contribution is 2.31. The number of hydrogen-bond donors (Lipinski definition) is 2. The van der Waals surface area contributed by atoms with Crippen LogP contribution in [0.25, 0.3) is 22.0 Å². The van der Waals surface area contributed by atoms with Gasteiger partial charge in [0.2, 0.25) is 6.93 Å². The van der Waals surface area contributed by atoms with Gasteiger partial charge in [-0.15, -0.1) is 12.6 Å². The van der Waals surface area contributed by atoms with Gasteiger partial charge in [0.05, 0.1) is 24.5 Å². The summed E-state index contributed by atoms with van der Waals surface area (Å²) < 4.78 is 64.3. The number of nitrogens with one attached hydrogen (secondary N) is 1. The second kappa shape index (κ2) is 15.3. The highest BCUT2D eigenvalue weighted by atomic mass is 32.1. The molecule has 2 atom stereocenters. The fourth-order valence-corrected chi connectivity index (χ4v) is 5.74. The average molecular weight is 633 g/mol. The zero-order valence-electron chi connectivity index (χ0n) is 24.2. The average Bonchev–Trinajstić information content (AvgIpc) is 2.99. The summed E-state index contributed by atoms with van der Waals surface area (Å²) >= 11 is 4.25. The molecule has 0 radical (unpaired) electrons. The number of alkyl halides is 4. The van der Waals surface area contributed by atoms with Gasteiger partial charge in [-0.1, -0.05) is 26.0 Å². The third-order valence-corrected chi connectivity index (χ3v) is 7.40. The molecule has 1 saturated heterocycles. The molecule has 1 aliphatic rings. The number of pyridine rings is 2. The first-order valence-electron chi connectivity index (χ1n) is 14.0. The molecule has 1 N–H and O–H groups in total. The molecule has 4 aromatic rings. The molecule has 0 spiro atoms. The van der Waals surface area contributed by atoms with Crippen molar-refractivity contribution in [2.75, 3.05) is 24.9 Å². The summed E-state index contributed by atoms with van der Waals surface area (Å²) in [4.78, 5) is 24.7. The van der Waals surface area contributed by atoms with Crippen LogP contribution in [-0.2, 0) is 17.9 Å². The molecule has 1 aliphatic heterocycles. The molecule has 5 rings (SSSR count). The van der Waals surface area contributed by atoms with E-state index < -0.39 is 25.3 Å². The largest absolute Gasteiger partial charge is 0.356 e. The van der Waals surface area contributed by atoms with E-state index in [1.807, 2.05) is 24.3 Å². The number of ether oxygens (including phenoxy) is 1. The lowest BCUT2D eigenvalue weighted by molar-refractivity contribution is -0.137. The smallest absolute Gasteiger partial charge is 0.345 e. The number of amides is 1.